The van der Waals surface area contributed by atoms with Gasteiger partial charge in [0.15, 0.2) is 5.78 Å². The molecular weight excluding hydrogens is 242 g/mol. The highest BCUT2D eigenvalue weighted by atomic mass is 79.9. The summed E-state index contributed by atoms with van der Waals surface area (Å²) < 4.78 is 0.971. The Kier molecular flexibility index (Phi) is 3.43. The van der Waals surface area contributed by atoms with Gasteiger partial charge in [-0.3, -0.25) is 4.79 Å². The van der Waals surface area contributed by atoms with Crippen LogP contribution in [0.15, 0.2) is 22.7 Å². The second kappa shape index (κ2) is 4.39. The van der Waals surface area contributed by atoms with Crippen LogP contribution in [0.5, 0.6) is 0 Å². The Bertz CT molecular complexity index is 406. The molecule has 0 radical (unpaired) electrons. The van der Waals surface area contributed by atoms with Crippen LogP contribution < -0.4 is 0 Å². The zero-order chi connectivity index (χ0) is 10.7. The highest BCUT2D eigenvalue weighted by molar-refractivity contribution is 9.10. The predicted molar refractivity (Wildman–Crippen MR) is 58.0 cm³/mol. The third-order valence-corrected chi connectivity index (χ3v) is 2.92. The molecule has 0 saturated carbocycles. The first kappa shape index (κ1) is 10.9. The molecule has 1 rings (SSSR count). The number of hydrogen-bond donors (Lipinski definition) is 0. The van der Waals surface area contributed by atoms with E-state index in [1.807, 2.05) is 19.1 Å². The van der Waals surface area contributed by atoms with Crippen LogP contribution in [0.4, 0.5) is 0 Å². The van der Waals surface area contributed by atoms with E-state index < -0.39 is 5.92 Å². The molecule has 14 heavy (non-hydrogen) atoms. The lowest BCUT2D eigenvalue weighted by molar-refractivity contribution is 0.0956. The van der Waals surface area contributed by atoms with Crippen molar-refractivity contribution in [2.24, 2.45) is 5.92 Å². The molecule has 0 heterocycles. The minimum Gasteiger partial charge on any atom is -0.293 e. The fourth-order valence-electron chi connectivity index (χ4n) is 1.11. The summed E-state index contributed by atoms with van der Waals surface area (Å²) in [6.45, 7) is 3.53. The molecule has 1 aromatic rings. The first-order valence-corrected chi connectivity index (χ1v) is 5.05. The van der Waals surface area contributed by atoms with Crippen molar-refractivity contribution in [3.63, 3.8) is 0 Å². The van der Waals surface area contributed by atoms with Gasteiger partial charge in [-0.15, -0.1) is 0 Å². The number of halogens is 1. The number of nitrogens with zero attached hydrogens (tertiary/aromatic N) is 1. The van der Waals surface area contributed by atoms with Gasteiger partial charge < -0.3 is 0 Å². The van der Waals surface area contributed by atoms with Crippen LogP contribution >= 0.6 is 15.9 Å². The van der Waals surface area contributed by atoms with Crippen LogP contribution in [0.1, 0.15) is 22.8 Å². The maximum atomic E-state index is 11.6. The monoisotopic (exact) mass is 251 g/mol. The maximum Gasteiger partial charge on any atom is 0.179 e. The number of carbonyl (C=O) groups is 1. The summed E-state index contributed by atoms with van der Waals surface area (Å²) in [6.07, 6.45) is 0. The molecule has 0 saturated heterocycles. The minimum atomic E-state index is -0.574. The molecule has 0 fully saturated rings. The molecule has 0 aromatic heterocycles. The Morgan fingerprint density at radius 3 is 2.71 bits per heavy atom. The molecule has 1 unspecified atom stereocenters. The lowest BCUT2D eigenvalue weighted by Gasteiger charge is -2.04. The largest absolute Gasteiger partial charge is 0.293 e. The molecule has 3 heteroatoms. The van der Waals surface area contributed by atoms with Crippen LogP contribution in [0.25, 0.3) is 0 Å². The number of ketones is 1. The lowest BCUT2D eigenvalue weighted by Crippen LogP contribution is -2.09. The van der Waals surface area contributed by atoms with Crippen molar-refractivity contribution in [3.05, 3.63) is 33.8 Å². The van der Waals surface area contributed by atoms with Gasteiger partial charge in [0.2, 0.25) is 0 Å². The summed E-state index contributed by atoms with van der Waals surface area (Å²) in [5.74, 6) is -0.696. The molecular formula is C11H10BrNO. The van der Waals surface area contributed by atoms with E-state index in [0.29, 0.717) is 5.56 Å². The molecule has 0 bridgehead atoms. The normalized spacial score (nSPS) is 11.9. The van der Waals surface area contributed by atoms with Crippen molar-refractivity contribution in [1.29, 1.82) is 5.26 Å². The minimum absolute atomic E-state index is 0.122. The first-order chi connectivity index (χ1) is 6.56. The number of carbonyl (C=O) groups excluding carboxylic acids is 1. The summed E-state index contributed by atoms with van der Waals surface area (Å²) in [6, 6.07) is 7.28. The number of hydrogen-bond acceptors (Lipinski definition) is 2. The number of benzene rings is 1. The van der Waals surface area contributed by atoms with Gasteiger partial charge >= 0.3 is 0 Å². The number of aryl methyl sites for hydroxylation is 1. The Hall–Kier alpha value is -1.14. The van der Waals surface area contributed by atoms with Gasteiger partial charge in [0.25, 0.3) is 0 Å². The summed E-state index contributed by atoms with van der Waals surface area (Å²) in [4.78, 5) is 11.6. The van der Waals surface area contributed by atoms with E-state index in [1.54, 1.807) is 19.1 Å². The third kappa shape index (κ3) is 2.21. The zero-order valence-corrected chi connectivity index (χ0v) is 9.63. The molecule has 1 aromatic carbocycles. The Morgan fingerprint density at radius 2 is 2.21 bits per heavy atom. The van der Waals surface area contributed by atoms with Crippen molar-refractivity contribution in [1.82, 2.24) is 0 Å². The molecule has 0 N–H and O–H groups in total. The van der Waals surface area contributed by atoms with E-state index in [2.05, 4.69) is 15.9 Å². The van der Waals surface area contributed by atoms with Crippen molar-refractivity contribution < 1.29 is 4.79 Å². The average molecular weight is 252 g/mol. The first-order valence-electron chi connectivity index (χ1n) is 4.26. The lowest BCUT2D eigenvalue weighted by atomic mass is 9.99. The second-order valence-corrected chi connectivity index (χ2v) is 4.03. The van der Waals surface area contributed by atoms with E-state index in [0.717, 1.165) is 10.0 Å². The van der Waals surface area contributed by atoms with E-state index in [4.69, 9.17) is 5.26 Å². The van der Waals surface area contributed by atoms with Crippen molar-refractivity contribution in [3.8, 4) is 6.07 Å². The number of Topliss-reactive ketones (excluding diaryl/α,β-unsaturated/α-hetero) is 1. The zero-order valence-electron chi connectivity index (χ0n) is 8.04. The molecule has 0 aliphatic carbocycles. The van der Waals surface area contributed by atoms with E-state index in [1.165, 1.54) is 0 Å². The average Bonchev–Trinajstić information content (AvgIpc) is 2.20. The quantitative estimate of drug-likeness (QED) is 0.759. The van der Waals surface area contributed by atoms with Crippen molar-refractivity contribution >= 4 is 21.7 Å². The molecule has 0 spiro atoms. The number of rotatable bonds is 2. The van der Waals surface area contributed by atoms with Crippen molar-refractivity contribution in [2.75, 3.05) is 0 Å². The van der Waals surface area contributed by atoms with Gasteiger partial charge in [0.1, 0.15) is 5.92 Å². The second-order valence-electron chi connectivity index (χ2n) is 3.18. The van der Waals surface area contributed by atoms with E-state index in [9.17, 15) is 4.79 Å². The van der Waals surface area contributed by atoms with Gasteiger partial charge in [-0.25, -0.2) is 0 Å². The van der Waals surface area contributed by atoms with Crippen LogP contribution in [-0.2, 0) is 0 Å². The van der Waals surface area contributed by atoms with Crippen LogP contribution in [-0.4, -0.2) is 5.78 Å². The predicted octanol–water partition coefficient (Wildman–Crippen LogP) is 3.10. The fourth-order valence-corrected chi connectivity index (χ4v) is 1.35. The van der Waals surface area contributed by atoms with Crippen LogP contribution in [0.3, 0.4) is 0 Å². The summed E-state index contributed by atoms with van der Waals surface area (Å²) in [7, 11) is 0. The molecule has 0 aliphatic heterocycles. The van der Waals surface area contributed by atoms with Crippen LogP contribution in [0.2, 0.25) is 0 Å². The highest BCUT2D eigenvalue weighted by Gasteiger charge is 2.14. The van der Waals surface area contributed by atoms with Gasteiger partial charge in [0, 0.05) is 10.0 Å². The molecule has 1 atom stereocenters. The van der Waals surface area contributed by atoms with Gasteiger partial charge in [0.05, 0.1) is 6.07 Å². The maximum absolute atomic E-state index is 11.6. The Labute approximate surface area is 91.7 Å². The standard InChI is InChI=1S/C11H10BrNO/c1-7-5-9(3-4-10(7)12)11(14)8(2)6-13/h3-5,8H,1-2H3. The molecule has 72 valence electrons. The number of nitriles is 1. The third-order valence-electron chi connectivity index (χ3n) is 2.03. The smallest absolute Gasteiger partial charge is 0.179 e. The Balaban J connectivity index is 3.04. The van der Waals surface area contributed by atoms with Crippen LogP contribution in [0, 0.1) is 24.2 Å². The molecule has 0 amide bonds. The summed E-state index contributed by atoms with van der Waals surface area (Å²) >= 11 is 3.36. The summed E-state index contributed by atoms with van der Waals surface area (Å²) in [5.41, 5.74) is 1.60. The molecule has 0 aliphatic rings. The fraction of sp³-hybridized carbons (Fsp3) is 0.273. The highest BCUT2D eigenvalue weighted by Crippen LogP contribution is 2.18. The Morgan fingerprint density at radius 1 is 1.57 bits per heavy atom. The molecule has 2 nitrogen and oxygen atoms in total. The SMILES string of the molecule is Cc1cc(C(=O)C(C)C#N)ccc1Br. The summed E-state index contributed by atoms with van der Waals surface area (Å²) in [5, 5.41) is 8.61. The topological polar surface area (TPSA) is 40.9 Å². The van der Waals surface area contributed by atoms with Gasteiger partial charge in [-0.2, -0.15) is 5.26 Å². The van der Waals surface area contributed by atoms with Gasteiger partial charge in [-0.05, 0) is 31.5 Å². The van der Waals surface area contributed by atoms with E-state index in [-0.39, 0.29) is 5.78 Å². The van der Waals surface area contributed by atoms with Gasteiger partial charge in [-0.1, -0.05) is 22.0 Å². The van der Waals surface area contributed by atoms with E-state index >= 15 is 0 Å². The van der Waals surface area contributed by atoms with Crippen molar-refractivity contribution in [2.45, 2.75) is 13.8 Å².